The Morgan fingerprint density at radius 1 is 1.58 bits per heavy atom. The molecule has 0 aliphatic heterocycles. The summed E-state index contributed by atoms with van der Waals surface area (Å²) in [6.45, 7) is 0. The van der Waals surface area contributed by atoms with Gasteiger partial charge in [0.15, 0.2) is 11.6 Å². The number of halogens is 2. The average Bonchev–Trinajstić information content (AvgIpc) is 2.00. The molecular weight excluding hydrogens is 227 g/mol. The fourth-order valence-corrected chi connectivity index (χ4v) is 1.30. The molecule has 0 spiro atoms. The van der Waals surface area contributed by atoms with E-state index in [0.29, 0.717) is 0 Å². The Balaban J connectivity index is 3.36. The number of nitrogens with one attached hydrogen (secondary N) is 1. The molecule has 1 aromatic rings. The van der Waals surface area contributed by atoms with Crippen molar-refractivity contribution in [3.05, 3.63) is 28.0 Å². The molecule has 0 heterocycles. The maximum absolute atomic E-state index is 12.9. The van der Waals surface area contributed by atoms with Crippen LogP contribution in [-0.2, 0) is 0 Å². The number of aromatic hydroxyl groups is 1. The Hall–Kier alpha value is -1.10. The number of rotatable bonds is 1. The van der Waals surface area contributed by atoms with E-state index in [1.54, 1.807) is 0 Å². The summed E-state index contributed by atoms with van der Waals surface area (Å²) in [6.07, 6.45) is 0. The molecule has 64 valence electrons. The first-order valence-corrected chi connectivity index (χ1v) is 3.84. The molecule has 0 saturated heterocycles. The predicted molar refractivity (Wildman–Crippen MR) is 46.8 cm³/mol. The standard InChI is InChI=1S/C7H6BrFN2O/c8-5-3(7(10)11)1-2-4(12)6(5)9/h1-2,12H,(H3,10,11). The van der Waals surface area contributed by atoms with Crippen LogP contribution in [0.15, 0.2) is 16.6 Å². The van der Waals surface area contributed by atoms with Crippen LogP contribution in [0.4, 0.5) is 4.39 Å². The van der Waals surface area contributed by atoms with Crippen LogP contribution in [0.3, 0.4) is 0 Å². The van der Waals surface area contributed by atoms with E-state index in [1.807, 2.05) is 0 Å². The summed E-state index contributed by atoms with van der Waals surface area (Å²) < 4.78 is 12.9. The molecule has 12 heavy (non-hydrogen) atoms. The fraction of sp³-hybridized carbons (Fsp3) is 0. The van der Waals surface area contributed by atoms with Gasteiger partial charge in [-0.1, -0.05) is 0 Å². The molecular formula is C7H6BrFN2O. The summed E-state index contributed by atoms with van der Waals surface area (Å²) in [7, 11) is 0. The zero-order valence-corrected chi connectivity index (χ0v) is 7.52. The summed E-state index contributed by atoms with van der Waals surface area (Å²) >= 11 is 2.88. The van der Waals surface area contributed by atoms with Gasteiger partial charge in [0, 0.05) is 5.56 Å². The van der Waals surface area contributed by atoms with E-state index in [9.17, 15) is 4.39 Å². The van der Waals surface area contributed by atoms with Crippen LogP contribution in [0.5, 0.6) is 5.75 Å². The van der Waals surface area contributed by atoms with Crippen LogP contribution < -0.4 is 5.73 Å². The van der Waals surface area contributed by atoms with Crippen LogP contribution in [-0.4, -0.2) is 10.9 Å². The van der Waals surface area contributed by atoms with Gasteiger partial charge in [0.1, 0.15) is 5.84 Å². The second-order valence-corrected chi connectivity index (χ2v) is 2.97. The van der Waals surface area contributed by atoms with Gasteiger partial charge >= 0.3 is 0 Å². The highest BCUT2D eigenvalue weighted by Crippen LogP contribution is 2.27. The highest BCUT2D eigenvalue weighted by Gasteiger charge is 2.11. The zero-order chi connectivity index (χ0) is 9.30. The Bertz CT molecular complexity index is 340. The molecule has 0 fully saturated rings. The lowest BCUT2D eigenvalue weighted by Gasteiger charge is -2.03. The number of nitrogen functional groups attached to an aromatic ring is 1. The molecule has 0 radical (unpaired) electrons. The molecule has 1 aromatic carbocycles. The molecule has 4 N–H and O–H groups in total. The second kappa shape index (κ2) is 3.10. The van der Waals surface area contributed by atoms with Gasteiger partial charge in [-0.25, -0.2) is 4.39 Å². The van der Waals surface area contributed by atoms with Gasteiger partial charge in [-0.05, 0) is 28.1 Å². The number of phenolic OH excluding ortho intramolecular Hbond substituents is 1. The quantitative estimate of drug-likeness (QED) is 0.509. The van der Waals surface area contributed by atoms with E-state index in [2.05, 4.69) is 15.9 Å². The first-order valence-electron chi connectivity index (χ1n) is 3.05. The van der Waals surface area contributed by atoms with Crippen molar-refractivity contribution in [2.24, 2.45) is 5.73 Å². The van der Waals surface area contributed by atoms with Crippen molar-refractivity contribution in [2.75, 3.05) is 0 Å². The van der Waals surface area contributed by atoms with Crippen LogP contribution in [0, 0.1) is 11.2 Å². The first kappa shape index (κ1) is 8.99. The Morgan fingerprint density at radius 3 is 2.67 bits per heavy atom. The number of amidine groups is 1. The molecule has 5 heteroatoms. The number of phenols is 1. The summed E-state index contributed by atoms with van der Waals surface area (Å²) in [5, 5.41) is 15.9. The van der Waals surface area contributed by atoms with Crippen molar-refractivity contribution in [2.45, 2.75) is 0 Å². The lowest BCUT2D eigenvalue weighted by Crippen LogP contribution is -2.12. The van der Waals surface area contributed by atoms with Gasteiger partial charge in [0.05, 0.1) is 4.47 Å². The summed E-state index contributed by atoms with van der Waals surface area (Å²) in [4.78, 5) is 0. The van der Waals surface area contributed by atoms with Gasteiger partial charge in [-0.15, -0.1) is 0 Å². The van der Waals surface area contributed by atoms with Crippen LogP contribution in [0.1, 0.15) is 5.56 Å². The summed E-state index contributed by atoms with van der Waals surface area (Å²) in [5.74, 6) is -1.52. The third kappa shape index (κ3) is 1.40. The molecule has 0 aromatic heterocycles. The lowest BCUT2D eigenvalue weighted by atomic mass is 10.2. The van der Waals surface area contributed by atoms with Crippen molar-refractivity contribution in [1.29, 1.82) is 5.41 Å². The molecule has 1 rings (SSSR count). The predicted octanol–water partition coefficient (Wildman–Crippen LogP) is 1.58. The molecule has 0 aliphatic rings. The maximum atomic E-state index is 12.9. The first-order chi connectivity index (χ1) is 5.54. The van der Waals surface area contributed by atoms with Crippen molar-refractivity contribution >= 4 is 21.8 Å². The second-order valence-electron chi connectivity index (χ2n) is 2.17. The van der Waals surface area contributed by atoms with Crippen LogP contribution >= 0.6 is 15.9 Å². The molecule has 0 unspecified atom stereocenters. The molecule has 0 amide bonds. The smallest absolute Gasteiger partial charge is 0.179 e. The normalized spacial score (nSPS) is 9.83. The Labute approximate surface area is 76.6 Å². The van der Waals surface area contributed by atoms with Gasteiger partial charge < -0.3 is 10.8 Å². The monoisotopic (exact) mass is 232 g/mol. The van der Waals surface area contributed by atoms with E-state index < -0.39 is 11.6 Å². The summed E-state index contributed by atoms with van der Waals surface area (Å²) in [6, 6.07) is 2.52. The highest BCUT2D eigenvalue weighted by molar-refractivity contribution is 9.10. The number of benzene rings is 1. The third-order valence-corrected chi connectivity index (χ3v) is 2.13. The van der Waals surface area contributed by atoms with Crippen LogP contribution in [0.25, 0.3) is 0 Å². The highest BCUT2D eigenvalue weighted by atomic mass is 79.9. The third-order valence-electron chi connectivity index (χ3n) is 1.35. The topological polar surface area (TPSA) is 70.1 Å². The molecule has 3 nitrogen and oxygen atoms in total. The van der Waals surface area contributed by atoms with Crippen molar-refractivity contribution < 1.29 is 9.50 Å². The number of nitrogens with two attached hydrogens (primary N) is 1. The van der Waals surface area contributed by atoms with E-state index in [4.69, 9.17) is 16.2 Å². The fourth-order valence-electron chi connectivity index (χ4n) is 0.747. The van der Waals surface area contributed by atoms with Gasteiger partial charge in [-0.2, -0.15) is 0 Å². The molecule has 0 bridgehead atoms. The minimum atomic E-state index is -0.803. The van der Waals surface area contributed by atoms with Gasteiger partial charge in [0.25, 0.3) is 0 Å². The van der Waals surface area contributed by atoms with Crippen LogP contribution in [0.2, 0.25) is 0 Å². The van der Waals surface area contributed by atoms with Crippen molar-refractivity contribution in [3.63, 3.8) is 0 Å². The van der Waals surface area contributed by atoms with Gasteiger partial charge in [-0.3, -0.25) is 5.41 Å². The zero-order valence-electron chi connectivity index (χ0n) is 5.94. The van der Waals surface area contributed by atoms with E-state index in [1.165, 1.54) is 6.07 Å². The van der Waals surface area contributed by atoms with Crippen molar-refractivity contribution in [1.82, 2.24) is 0 Å². The molecule has 0 saturated carbocycles. The SMILES string of the molecule is N=C(N)c1ccc(O)c(F)c1Br. The largest absolute Gasteiger partial charge is 0.505 e. The lowest BCUT2D eigenvalue weighted by molar-refractivity contribution is 0.430. The minimum absolute atomic E-state index is 0.00926. The maximum Gasteiger partial charge on any atom is 0.179 e. The molecule has 0 atom stereocenters. The van der Waals surface area contributed by atoms with E-state index >= 15 is 0 Å². The number of hydrogen-bond donors (Lipinski definition) is 3. The minimum Gasteiger partial charge on any atom is -0.505 e. The Morgan fingerprint density at radius 2 is 2.17 bits per heavy atom. The van der Waals surface area contributed by atoms with Crippen molar-refractivity contribution in [3.8, 4) is 5.75 Å². The average molecular weight is 233 g/mol. The Kier molecular flexibility index (Phi) is 2.32. The summed E-state index contributed by atoms with van der Waals surface area (Å²) in [5.41, 5.74) is 5.37. The van der Waals surface area contributed by atoms with Gasteiger partial charge in [0.2, 0.25) is 0 Å². The number of hydrogen-bond acceptors (Lipinski definition) is 2. The van der Waals surface area contributed by atoms with E-state index in [0.717, 1.165) is 6.07 Å². The molecule has 0 aliphatic carbocycles. The van der Waals surface area contributed by atoms with E-state index in [-0.39, 0.29) is 15.9 Å².